The number of nitrogens with two attached hydrogens (primary N) is 1. The second kappa shape index (κ2) is 27.2. The van der Waals surface area contributed by atoms with Gasteiger partial charge in [-0.3, -0.25) is 15.0 Å². The summed E-state index contributed by atoms with van der Waals surface area (Å²) in [7, 11) is 0. The number of H-pyrrole nitrogens is 1. The van der Waals surface area contributed by atoms with E-state index in [1.165, 1.54) is 22.3 Å². The lowest BCUT2D eigenvalue weighted by atomic mass is 10.1. The van der Waals surface area contributed by atoms with Crippen LogP contribution in [0.15, 0.2) is 103 Å². The third-order valence-electron chi connectivity index (χ3n) is 6.77. The lowest BCUT2D eigenvalue weighted by molar-refractivity contribution is 0.837. The third-order valence-corrected chi connectivity index (χ3v) is 7.78. The van der Waals surface area contributed by atoms with Gasteiger partial charge < -0.3 is 10.7 Å². The van der Waals surface area contributed by atoms with Crippen molar-refractivity contribution in [2.75, 3.05) is 5.73 Å². The van der Waals surface area contributed by atoms with Crippen LogP contribution >= 0.6 is 22.9 Å². The molecule has 3 N–H and O–H groups in total. The Morgan fingerprint density at radius 2 is 1.27 bits per heavy atom. The van der Waals surface area contributed by atoms with E-state index in [1.54, 1.807) is 48.5 Å². The summed E-state index contributed by atoms with van der Waals surface area (Å²) in [6.07, 6.45) is 16.0. The van der Waals surface area contributed by atoms with Gasteiger partial charge in [-0.05, 0) is 144 Å². The molecule has 0 aliphatic carbocycles. The molecule has 0 spiro atoms. The number of anilines is 1. The van der Waals surface area contributed by atoms with Crippen LogP contribution < -0.4 is 5.73 Å². The molecule has 0 saturated heterocycles. The molecule has 0 aliphatic rings. The highest BCUT2D eigenvalue weighted by Gasteiger charge is 1.97. The maximum Gasteiger partial charge on any atom is 0.129 e. The minimum Gasteiger partial charge on any atom is -0.383 e. The molecule has 0 bridgehead atoms. The summed E-state index contributed by atoms with van der Waals surface area (Å²) in [5.41, 5.74) is 14.8. The number of halogens is 1. The molecule has 7 aromatic heterocycles. The van der Waals surface area contributed by atoms with Crippen molar-refractivity contribution in [1.29, 1.82) is 0 Å². The topological polar surface area (TPSA) is 145 Å². The van der Waals surface area contributed by atoms with Crippen molar-refractivity contribution in [1.82, 2.24) is 44.9 Å². The number of nitrogens with zero attached hydrogens (tertiary/aromatic N) is 8. The number of nitrogen functional groups attached to an aromatic ring is 1. The molecule has 0 fully saturated rings. The van der Waals surface area contributed by atoms with Crippen LogP contribution in [0.4, 0.5) is 5.82 Å². The number of aromatic nitrogens is 9. The second-order valence-electron chi connectivity index (χ2n) is 12.8. The van der Waals surface area contributed by atoms with E-state index in [-0.39, 0.29) is 0 Å². The third kappa shape index (κ3) is 24.5. The number of hydrogen-bond donors (Lipinski definition) is 2. The Morgan fingerprint density at radius 1 is 0.636 bits per heavy atom. The van der Waals surface area contributed by atoms with E-state index in [1.807, 2.05) is 92.2 Å². The lowest BCUT2D eigenvalue weighted by Crippen LogP contribution is -1.97. The van der Waals surface area contributed by atoms with E-state index in [0.717, 1.165) is 40.0 Å². The largest absolute Gasteiger partial charge is 0.383 e. The summed E-state index contributed by atoms with van der Waals surface area (Å²) in [6, 6.07) is 12.1. The van der Waals surface area contributed by atoms with Gasteiger partial charge in [0, 0.05) is 72.7 Å². The van der Waals surface area contributed by atoms with Gasteiger partial charge >= 0.3 is 0 Å². The summed E-state index contributed by atoms with van der Waals surface area (Å²) < 4.78 is 0. The first-order chi connectivity index (χ1) is 26.0. The Hall–Kier alpha value is -5.39. The molecular formula is C43H57ClN10S. The zero-order valence-corrected chi connectivity index (χ0v) is 35.9. The lowest BCUT2D eigenvalue weighted by Gasteiger charge is -2.01. The number of aromatic amines is 1. The maximum absolute atomic E-state index is 5.58. The fourth-order valence-corrected chi connectivity index (χ4v) is 4.83. The van der Waals surface area contributed by atoms with Crippen molar-refractivity contribution < 1.29 is 0 Å². The van der Waals surface area contributed by atoms with Crippen LogP contribution in [0.1, 0.15) is 82.0 Å². The van der Waals surface area contributed by atoms with Gasteiger partial charge in [0.2, 0.25) is 0 Å². The van der Waals surface area contributed by atoms with Crippen LogP contribution in [0.2, 0.25) is 5.02 Å². The first-order valence-corrected chi connectivity index (χ1v) is 19.0. The number of pyridine rings is 3. The zero-order chi connectivity index (χ0) is 41.2. The molecule has 0 aliphatic heterocycles. The SMILES string of the molecule is Cc1cc(C)nc(C)c1.Cc1cccnc1.Cc1ccsc1.Cc1cncc(Cl)c1.Cc1ncc(C(C)C)cn1.Cc1ncc(C)c(N)n1.Cc1ncc[nH]1. The van der Waals surface area contributed by atoms with Gasteiger partial charge in [0.1, 0.15) is 23.3 Å². The highest BCUT2D eigenvalue weighted by Crippen LogP contribution is 2.10. The van der Waals surface area contributed by atoms with Crippen LogP contribution in [0.25, 0.3) is 0 Å². The van der Waals surface area contributed by atoms with Gasteiger partial charge in [-0.2, -0.15) is 11.3 Å². The first kappa shape index (κ1) is 47.6. The van der Waals surface area contributed by atoms with Crippen LogP contribution in [0, 0.1) is 69.2 Å². The second-order valence-corrected chi connectivity index (χ2v) is 14.0. The van der Waals surface area contributed by atoms with Gasteiger partial charge in [0.05, 0.1) is 5.02 Å². The molecule has 0 unspecified atom stereocenters. The summed E-state index contributed by atoms with van der Waals surface area (Å²) in [4.78, 5) is 34.8. The van der Waals surface area contributed by atoms with Gasteiger partial charge in [-0.25, -0.2) is 24.9 Å². The quantitative estimate of drug-likeness (QED) is 0.166. The van der Waals surface area contributed by atoms with E-state index in [0.29, 0.717) is 16.8 Å². The fraction of sp³-hybridized carbons (Fsp3) is 0.302. The van der Waals surface area contributed by atoms with Crippen molar-refractivity contribution in [3.63, 3.8) is 0 Å². The predicted molar refractivity (Wildman–Crippen MR) is 231 cm³/mol. The Bertz CT molecular complexity index is 1900. The van der Waals surface area contributed by atoms with E-state index >= 15 is 0 Å². The Morgan fingerprint density at radius 3 is 1.60 bits per heavy atom. The average molecular weight is 782 g/mol. The van der Waals surface area contributed by atoms with Crippen molar-refractivity contribution >= 4 is 28.8 Å². The summed E-state index contributed by atoms with van der Waals surface area (Å²) >= 11 is 7.32. The molecule has 0 saturated carbocycles. The monoisotopic (exact) mass is 780 g/mol. The molecule has 292 valence electrons. The van der Waals surface area contributed by atoms with E-state index in [9.17, 15) is 0 Å². The summed E-state index contributed by atoms with van der Waals surface area (Å²) in [5, 5.41) is 4.90. The smallest absolute Gasteiger partial charge is 0.129 e. The Kier molecular flexibility index (Phi) is 23.6. The number of rotatable bonds is 1. The molecule has 12 heteroatoms. The molecule has 7 aromatic rings. The number of nitrogens with one attached hydrogen (secondary N) is 1. The first-order valence-electron chi connectivity index (χ1n) is 17.7. The van der Waals surface area contributed by atoms with E-state index < -0.39 is 0 Å². The van der Waals surface area contributed by atoms with E-state index in [2.05, 4.69) is 102 Å². The average Bonchev–Trinajstić information content (AvgIpc) is 3.81. The number of hydrogen-bond acceptors (Lipinski definition) is 10. The molecule has 55 heavy (non-hydrogen) atoms. The molecule has 0 amide bonds. The molecule has 0 atom stereocenters. The minimum atomic E-state index is 0.528. The van der Waals surface area contributed by atoms with Crippen molar-refractivity contribution in [3.05, 3.63) is 170 Å². The molecule has 0 aromatic carbocycles. The van der Waals surface area contributed by atoms with Gasteiger partial charge in [0.15, 0.2) is 0 Å². The van der Waals surface area contributed by atoms with Gasteiger partial charge in [-0.1, -0.05) is 31.5 Å². The molecule has 7 rings (SSSR count). The molecule has 0 radical (unpaired) electrons. The Labute approximate surface area is 337 Å². The highest BCUT2D eigenvalue weighted by atomic mass is 35.5. The number of thiophene rings is 1. The van der Waals surface area contributed by atoms with Crippen molar-refractivity contribution in [3.8, 4) is 0 Å². The van der Waals surface area contributed by atoms with Crippen LogP contribution in [-0.2, 0) is 0 Å². The Balaban J connectivity index is 0.000000323. The number of aryl methyl sites for hydroxylation is 10. The van der Waals surface area contributed by atoms with E-state index in [4.69, 9.17) is 17.3 Å². The molecule has 7 heterocycles. The van der Waals surface area contributed by atoms with Crippen LogP contribution in [0.5, 0.6) is 0 Å². The van der Waals surface area contributed by atoms with Gasteiger partial charge in [0.25, 0.3) is 0 Å². The zero-order valence-electron chi connectivity index (χ0n) is 34.3. The summed E-state index contributed by atoms with van der Waals surface area (Å²) in [5.74, 6) is 3.63. The highest BCUT2D eigenvalue weighted by molar-refractivity contribution is 7.07. The fourth-order valence-electron chi connectivity index (χ4n) is 3.93. The van der Waals surface area contributed by atoms with Crippen molar-refractivity contribution in [2.24, 2.45) is 0 Å². The van der Waals surface area contributed by atoms with Crippen LogP contribution in [0.3, 0.4) is 0 Å². The minimum absolute atomic E-state index is 0.528. The van der Waals surface area contributed by atoms with Gasteiger partial charge in [-0.15, -0.1) is 0 Å². The molecule has 10 nitrogen and oxygen atoms in total. The normalized spacial score (nSPS) is 9.42. The maximum atomic E-state index is 5.58. The predicted octanol–water partition coefficient (Wildman–Crippen LogP) is 10.8. The number of imidazole rings is 1. The standard InChI is InChI=1S/C8H12N2.C8H11N.C6H6ClN.C6H9N3.C6H7N.C5H6S.C4H6N2/c1-6(2)8-4-9-7(3)10-5-8;1-6-4-7(2)9-8(3)5-6;1-5-2-6(7)4-8-3-5;1-4-3-8-5(2)9-6(4)7;1-6-3-2-4-7-5-6;1-5-2-3-6-4-5;1-4-5-2-3-6-4/h4-6H,1-3H3;4-5H,1-3H3;2-4H,1H3;3H,1-2H3,(H2,7,8,9);2-5H,1H3;2-4H,1H3;2-3H,1H3,(H,5,6). The molecular weight excluding hydrogens is 724 g/mol. The summed E-state index contributed by atoms with van der Waals surface area (Å²) in [6.45, 7) is 24.0. The van der Waals surface area contributed by atoms with Crippen LogP contribution in [-0.4, -0.2) is 44.9 Å². The van der Waals surface area contributed by atoms with Crippen molar-refractivity contribution in [2.45, 2.75) is 89.0 Å².